The molecule has 188 valence electrons. The number of amides is 1. The van der Waals surface area contributed by atoms with Gasteiger partial charge in [0.1, 0.15) is 22.0 Å². The van der Waals surface area contributed by atoms with Gasteiger partial charge in [-0.05, 0) is 6.07 Å². The maximum Gasteiger partial charge on any atom is 0.417 e. The summed E-state index contributed by atoms with van der Waals surface area (Å²) in [7, 11) is 2.67. The van der Waals surface area contributed by atoms with Crippen LogP contribution in [0.3, 0.4) is 0 Å². The third-order valence-corrected chi connectivity index (χ3v) is 5.27. The van der Waals surface area contributed by atoms with Gasteiger partial charge in [0.15, 0.2) is 23.0 Å². The molecule has 0 spiro atoms. The largest absolute Gasteiger partial charge is 0.451 e. The molecule has 0 atom stereocenters. The molecule has 2 N–H and O–H groups in total. The summed E-state index contributed by atoms with van der Waals surface area (Å²) < 4.78 is 61.5. The Morgan fingerprint density at radius 2 is 1.86 bits per heavy atom. The summed E-state index contributed by atoms with van der Waals surface area (Å²) in [6, 6.07) is 1.82. The highest BCUT2D eigenvalue weighted by Crippen LogP contribution is 2.37. The van der Waals surface area contributed by atoms with Gasteiger partial charge in [0, 0.05) is 33.3 Å². The summed E-state index contributed by atoms with van der Waals surface area (Å²) >= 11 is 6.46. The van der Waals surface area contributed by atoms with Crippen LogP contribution < -0.4 is 20.9 Å². The maximum absolute atomic E-state index is 14.2. The van der Waals surface area contributed by atoms with E-state index in [4.69, 9.17) is 16.3 Å². The number of anilines is 3. The molecular formula is C21H16ClF4N7O3. The number of imidazole rings is 1. The summed E-state index contributed by atoms with van der Waals surface area (Å²) in [5.41, 5.74) is -1.85. The monoisotopic (exact) mass is 525 g/mol. The zero-order chi connectivity index (χ0) is 26.4. The Hall–Kier alpha value is -4.20. The van der Waals surface area contributed by atoms with Gasteiger partial charge in [0.05, 0.1) is 18.0 Å². The zero-order valence-electron chi connectivity index (χ0n) is 18.7. The molecule has 0 radical (unpaired) electrons. The van der Waals surface area contributed by atoms with Gasteiger partial charge in [-0.1, -0.05) is 11.6 Å². The Morgan fingerprint density at radius 1 is 1.14 bits per heavy atom. The number of hydrogen-bond donors (Lipinski definition) is 2. The van der Waals surface area contributed by atoms with Gasteiger partial charge in [-0.25, -0.2) is 14.4 Å². The van der Waals surface area contributed by atoms with Gasteiger partial charge in [-0.2, -0.15) is 18.2 Å². The minimum Gasteiger partial charge on any atom is -0.451 e. The van der Waals surface area contributed by atoms with Crippen molar-refractivity contribution in [2.24, 2.45) is 14.1 Å². The number of alkyl halides is 3. The number of carbonyl (C=O) groups excluding carboxylic acids is 1. The zero-order valence-corrected chi connectivity index (χ0v) is 19.5. The van der Waals surface area contributed by atoms with E-state index >= 15 is 0 Å². The molecule has 4 aromatic rings. The van der Waals surface area contributed by atoms with Gasteiger partial charge >= 0.3 is 6.18 Å². The lowest BCUT2D eigenvalue weighted by molar-refractivity contribution is -0.138. The van der Waals surface area contributed by atoms with Crippen LogP contribution in [-0.4, -0.2) is 30.0 Å². The van der Waals surface area contributed by atoms with Gasteiger partial charge in [0.2, 0.25) is 11.9 Å². The van der Waals surface area contributed by atoms with E-state index in [2.05, 4.69) is 25.6 Å². The number of halogens is 5. The summed E-state index contributed by atoms with van der Waals surface area (Å²) in [6.45, 7) is 1.25. The van der Waals surface area contributed by atoms with Crippen LogP contribution in [0.2, 0.25) is 5.02 Å². The van der Waals surface area contributed by atoms with E-state index in [-0.39, 0.29) is 45.1 Å². The van der Waals surface area contributed by atoms with E-state index in [0.29, 0.717) is 12.3 Å². The second-order valence-electron chi connectivity index (χ2n) is 7.57. The molecular weight excluding hydrogens is 510 g/mol. The third kappa shape index (κ3) is 4.79. The fraction of sp³-hybridized carbons (Fsp3) is 0.190. The number of aryl methyl sites for hydroxylation is 2. The van der Waals surface area contributed by atoms with Crippen LogP contribution in [0.15, 0.2) is 35.5 Å². The molecule has 0 unspecified atom stereocenters. The second kappa shape index (κ2) is 9.11. The van der Waals surface area contributed by atoms with E-state index in [9.17, 15) is 27.2 Å². The number of rotatable bonds is 5. The van der Waals surface area contributed by atoms with E-state index in [1.54, 1.807) is 0 Å². The molecule has 0 fully saturated rings. The first kappa shape index (κ1) is 24.9. The molecule has 0 aliphatic rings. The molecule has 4 aromatic heterocycles. The van der Waals surface area contributed by atoms with Crippen molar-refractivity contribution in [1.29, 1.82) is 0 Å². The minimum absolute atomic E-state index is 0.0315. The first-order valence-electron chi connectivity index (χ1n) is 10.0. The Bertz CT molecular complexity index is 1570. The molecule has 0 saturated heterocycles. The quantitative estimate of drug-likeness (QED) is 0.372. The van der Waals surface area contributed by atoms with Crippen molar-refractivity contribution >= 4 is 46.1 Å². The fourth-order valence-electron chi connectivity index (χ4n) is 3.24. The summed E-state index contributed by atoms with van der Waals surface area (Å²) in [6.07, 6.45) is -1.97. The number of fused-ring (bicyclic) bond motifs is 1. The smallest absolute Gasteiger partial charge is 0.417 e. The molecule has 0 aliphatic carbocycles. The molecule has 36 heavy (non-hydrogen) atoms. The van der Waals surface area contributed by atoms with Crippen molar-refractivity contribution in [3.8, 4) is 11.5 Å². The van der Waals surface area contributed by atoms with Crippen molar-refractivity contribution in [3.63, 3.8) is 0 Å². The Morgan fingerprint density at radius 3 is 2.53 bits per heavy atom. The van der Waals surface area contributed by atoms with Crippen molar-refractivity contribution in [3.05, 3.63) is 57.5 Å². The van der Waals surface area contributed by atoms with Crippen LogP contribution in [0.4, 0.5) is 35.0 Å². The van der Waals surface area contributed by atoms with Crippen molar-refractivity contribution in [1.82, 2.24) is 24.1 Å². The molecule has 15 heteroatoms. The third-order valence-electron chi connectivity index (χ3n) is 4.91. The SMILES string of the molecule is CC(=O)Nc1cc(Oc2cnc3nc(Nc4cc(C(F)(F)F)cn(C)c4=O)n(C)c3c2Cl)c(F)cn1. The number of aromatic nitrogens is 5. The summed E-state index contributed by atoms with van der Waals surface area (Å²) in [5.74, 6) is -1.63. The number of carbonyl (C=O) groups is 1. The van der Waals surface area contributed by atoms with Gasteiger partial charge in [0.25, 0.3) is 5.56 Å². The standard InChI is InChI=1S/C21H16ClF4N7O3/c1-9(34)29-15-5-13(11(23)6-27-15)36-14-7-28-18-17(16(14)22)33(3)20(31-18)30-12-4-10(21(24,25)26)8-32(2)19(12)35/h4-8H,1-3H3,(H,27,29,34)(H,28,30,31). The van der Waals surface area contributed by atoms with E-state index in [0.717, 1.165) is 16.8 Å². The molecule has 0 aliphatic heterocycles. The molecule has 10 nitrogen and oxygen atoms in total. The van der Waals surface area contributed by atoms with E-state index in [1.165, 1.54) is 31.8 Å². The number of ether oxygens (including phenoxy) is 1. The minimum atomic E-state index is -4.67. The lowest BCUT2D eigenvalue weighted by Crippen LogP contribution is -2.23. The van der Waals surface area contributed by atoms with Crippen molar-refractivity contribution in [2.45, 2.75) is 13.1 Å². The summed E-state index contributed by atoms with van der Waals surface area (Å²) in [5, 5.41) is 4.94. The molecule has 0 aromatic carbocycles. The highest BCUT2D eigenvalue weighted by Gasteiger charge is 2.32. The molecule has 4 rings (SSSR count). The van der Waals surface area contributed by atoms with Gasteiger partial charge in [-0.3, -0.25) is 9.59 Å². The highest BCUT2D eigenvalue weighted by molar-refractivity contribution is 6.36. The topological polar surface area (TPSA) is 116 Å². The van der Waals surface area contributed by atoms with Crippen LogP contribution >= 0.6 is 11.6 Å². The number of pyridine rings is 3. The average Bonchev–Trinajstić information content (AvgIpc) is 3.10. The number of nitrogens with zero attached hydrogens (tertiary/aromatic N) is 5. The number of nitrogens with one attached hydrogen (secondary N) is 2. The molecule has 0 saturated carbocycles. The molecule has 4 heterocycles. The number of hydrogen-bond acceptors (Lipinski definition) is 7. The van der Waals surface area contributed by atoms with Crippen LogP contribution in [0.25, 0.3) is 11.2 Å². The maximum atomic E-state index is 14.2. The molecule has 1 amide bonds. The van der Waals surface area contributed by atoms with Gasteiger partial charge in [-0.15, -0.1) is 0 Å². The van der Waals surface area contributed by atoms with Crippen LogP contribution in [0.1, 0.15) is 12.5 Å². The van der Waals surface area contributed by atoms with Crippen LogP contribution in [-0.2, 0) is 25.1 Å². The van der Waals surface area contributed by atoms with E-state index < -0.39 is 29.0 Å². The van der Waals surface area contributed by atoms with Crippen LogP contribution in [0, 0.1) is 5.82 Å². The predicted molar refractivity (Wildman–Crippen MR) is 122 cm³/mol. The van der Waals surface area contributed by atoms with E-state index in [1.807, 2.05) is 0 Å². The second-order valence-corrected chi connectivity index (χ2v) is 7.95. The highest BCUT2D eigenvalue weighted by atomic mass is 35.5. The lowest BCUT2D eigenvalue weighted by Gasteiger charge is -2.12. The molecule has 0 bridgehead atoms. The first-order valence-corrected chi connectivity index (χ1v) is 10.4. The van der Waals surface area contributed by atoms with Crippen molar-refractivity contribution < 1.29 is 27.1 Å². The Kier molecular flexibility index (Phi) is 6.30. The van der Waals surface area contributed by atoms with Crippen LogP contribution in [0.5, 0.6) is 11.5 Å². The summed E-state index contributed by atoms with van der Waals surface area (Å²) in [4.78, 5) is 35.7. The fourth-order valence-corrected chi connectivity index (χ4v) is 3.54. The average molecular weight is 526 g/mol. The first-order chi connectivity index (χ1) is 16.8. The van der Waals surface area contributed by atoms with Gasteiger partial charge < -0.3 is 24.5 Å². The Balaban J connectivity index is 1.72. The Labute approximate surface area is 204 Å². The normalized spacial score (nSPS) is 11.6. The lowest BCUT2D eigenvalue weighted by atomic mass is 10.2. The predicted octanol–water partition coefficient (Wildman–Crippen LogP) is 4.37. The van der Waals surface area contributed by atoms with Crippen molar-refractivity contribution in [2.75, 3.05) is 10.6 Å².